The van der Waals surface area contributed by atoms with Gasteiger partial charge in [-0.3, -0.25) is 9.59 Å². The maximum atomic E-state index is 12.5. The average Bonchev–Trinajstić information content (AvgIpc) is 2.89. The second-order valence-electron chi connectivity index (χ2n) is 9.02. The molecule has 138 valence electrons. The highest BCUT2D eigenvalue weighted by atomic mass is 35.5. The summed E-state index contributed by atoms with van der Waals surface area (Å²) in [5, 5.41) is 0. The van der Waals surface area contributed by atoms with Crippen LogP contribution in [0.2, 0.25) is 0 Å². The Morgan fingerprint density at radius 3 is 2.80 bits per heavy atom. The van der Waals surface area contributed by atoms with Crippen molar-refractivity contribution in [2.75, 3.05) is 5.88 Å². The lowest BCUT2D eigenvalue weighted by Crippen LogP contribution is -2.52. The van der Waals surface area contributed by atoms with Crippen LogP contribution in [-0.4, -0.2) is 23.7 Å². The van der Waals surface area contributed by atoms with Gasteiger partial charge < -0.3 is 4.74 Å². The molecule has 6 unspecified atom stereocenters. The Labute approximate surface area is 155 Å². The summed E-state index contributed by atoms with van der Waals surface area (Å²) in [7, 11) is 0. The van der Waals surface area contributed by atoms with Crippen LogP contribution in [0.3, 0.4) is 0 Å². The number of ether oxygens (including phenoxy) is 1. The summed E-state index contributed by atoms with van der Waals surface area (Å²) in [6.45, 7) is 3.71. The molecule has 0 saturated heterocycles. The molecule has 4 aliphatic rings. The minimum absolute atomic E-state index is 0.0126. The zero-order valence-electron chi connectivity index (χ0n) is 15.4. The molecule has 0 amide bonds. The van der Waals surface area contributed by atoms with Gasteiger partial charge in [0.2, 0.25) is 0 Å². The summed E-state index contributed by atoms with van der Waals surface area (Å²) in [5.41, 5.74) is 1.40. The minimum Gasteiger partial charge on any atom is -0.462 e. The van der Waals surface area contributed by atoms with Gasteiger partial charge in [-0.1, -0.05) is 18.6 Å². The Hall–Kier alpha value is -0.830. The number of carbonyl (C=O) groups is 2. The Bertz CT molecular complexity index is 627. The van der Waals surface area contributed by atoms with Crippen LogP contribution in [0.1, 0.15) is 65.2 Å². The zero-order chi connectivity index (χ0) is 17.8. The molecule has 0 heterocycles. The molecule has 3 saturated carbocycles. The molecule has 6 atom stereocenters. The van der Waals surface area contributed by atoms with Crippen LogP contribution < -0.4 is 0 Å². The van der Waals surface area contributed by atoms with E-state index in [4.69, 9.17) is 16.3 Å². The van der Waals surface area contributed by atoms with E-state index in [0.717, 1.165) is 51.4 Å². The standard InChI is InChI=1S/C21H29ClO3/c1-13(23)25-15-7-10-21(12-22)14(11-15)3-4-16-17-5-6-19(24)20(17,2)9-8-18(16)21/h3,15-18H,4-12H2,1-2H3. The van der Waals surface area contributed by atoms with Gasteiger partial charge in [0.1, 0.15) is 11.9 Å². The maximum absolute atomic E-state index is 12.5. The number of ketones is 1. The fraction of sp³-hybridized carbons (Fsp3) is 0.810. The van der Waals surface area contributed by atoms with Crippen LogP contribution in [0.5, 0.6) is 0 Å². The van der Waals surface area contributed by atoms with Crippen molar-refractivity contribution < 1.29 is 14.3 Å². The molecular formula is C21H29ClO3. The van der Waals surface area contributed by atoms with Crippen molar-refractivity contribution in [1.29, 1.82) is 0 Å². The molecule has 0 aromatic heterocycles. The first-order valence-corrected chi connectivity index (χ1v) is 10.4. The fourth-order valence-electron chi connectivity index (χ4n) is 6.78. The van der Waals surface area contributed by atoms with E-state index in [1.54, 1.807) is 0 Å². The molecule has 0 N–H and O–H groups in total. The first kappa shape index (κ1) is 17.6. The number of rotatable bonds is 2. The van der Waals surface area contributed by atoms with Crippen molar-refractivity contribution in [3.05, 3.63) is 11.6 Å². The summed E-state index contributed by atoms with van der Waals surface area (Å²) in [4.78, 5) is 23.8. The highest BCUT2D eigenvalue weighted by molar-refractivity contribution is 6.18. The number of fused-ring (bicyclic) bond motifs is 5. The van der Waals surface area contributed by atoms with E-state index in [9.17, 15) is 9.59 Å². The lowest BCUT2D eigenvalue weighted by atomic mass is 9.48. The molecule has 0 spiro atoms. The number of hydrogen-bond acceptors (Lipinski definition) is 3. The van der Waals surface area contributed by atoms with Crippen LogP contribution >= 0.6 is 11.6 Å². The van der Waals surface area contributed by atoms with Crippen molar-refractivity contribution in [3.8, 4) is 0 Å². The van der Waals surface area contributed by atoms with Gasteiger partial charge in [-0.15, -0.1) is 11.6 Å². The molecule has 4 aliphatic carbocycles. The largest absolute Gasteiger partial charge is 0.462 e. The van der Waals surface area contributed by atoms with E-state index in [1.165, 1.54) is 12.5 Å². The Morgan fingerprint density at radius 1 is 1.28 bits per heavy atom. The quantitative estimate of drug-likeness (QED) is 0.406. The highest BCUT2D eigenvalue weighted by Gasteiger charge is 2.59. The van der Waals surface area contributed by atoms with E-state index < -0.39 is 0 Å². The van der Waals surface area contributed by atoms with E-state index >= 15 is 0 Å². The molecule has 0 bridgehead atoms. The first-order valence-electron chi connectivity index (χ1n) is 9.87. The van der Waals surface area contributed by atoms with E-state index in [1.807, 2.05) is 0 Å². The highest BCUT2D eigenvalue weighted by Crippen LogP contribution is 2.64. The Balaban J connectivity index is 1.63. The van der Waals surface area contributed by atoms with Crippen molar-refractivity contribution in [2.45, 2.75) is 71.3 Å². The summed E-state index contributed by atoms with van der Waals surface area (Å²) in [5.74, 6) is 2.68. The maximum Gasteiger partial charge on any atom is 0.302 e. The van der Waals surface area contributed by atoms with Crippen LogP contribution in [0.25, 0.3) is 0 Å². The summed E-state index contributed by atoms with van der Waals surface area (Å²) < 4.78 is 5.50. The Morgan fingerprint density at radius 2 is 2.08 bits per heavy atom. The molecular weight excluding hydrogens is 336 g/mol. The third-order valence-electron chi connectivity index (χ3n) is 8.06. The topological polar surface area (TPSA) is 43.4 Å². The molecule has 0 radical (unpaired) electrons. The molecule has 25 heavy (non-hydrogen) atoms. The number of allylic oxidation sites excluding steroid dienone is 1. The number of hydrogen-bond donors (Lipinski definition) is 0. The van der Waals surface area contributed by atoms with Crippen LogP contribution in [-0.2, 0) is 14.3 Å². The molecule has 0 aromatic carbocycles. The number of halogens is 1. The third kappa shape index (κ3) is 2.52. The van der Waals surface area contributed by atoms with Crippen LogP contribution in [0.4, 0.5) is 0 Å². The monoisotopic (exact) mass is 364 g/mol. The normalized spacial score (nSPS) is 45.9. The second kappa shape index (κ2) is 6.11. The van der Waals surface area contributed by atoms with Gasteiger partial charge >= 0.3 is 5.97 Å². The number of Topliss-reactive ketones (excluding diaryl/α,β-unsaturated/α-hetero) is 1. The van der Waals surface area contributed by atoms with Crippen molar-refractivity contribution in [2.24, 2.45) is 28.6 Å². The third-order valence-corrected chi connectivity index (χ3v) is 8.54. The smallest absolute Gasteiger partial charge is 0.302 e. The molecule has 4 heteroatoms. The second-order valence-corrected chi connectivity index (χ2v) is 9.29. The molecule has 4 rings (SSSR count). The lowest BCUT2D eigenvalue weighted by molar-refractivity contribution is -0.148. The number of alkyl halides is 1. The summed E-state index contributed by atoms with van der Waals surface area (Å²) >= 11 is 6.61. The lowest BCUT2D eigenvalue weighted by Gasteiger charge is -2.57. The van der Waals surface area contributed by atoms with Gasteiger partial charge in [0.25, 0.3) is 0 Å². The molecule has 0 aromatic rings. The summed E-state index contributed by atoms with van der Waals surface area (Å²) in [6, 6.07) is 0. The van der Waals surface area contributed by atoms with Gasteiger partial charge in [0.05, 0.1) is 0 Å². The Kier molecular flexibility index (Phi) is 4.30. The van der Waals surface area contributed by atoms with Crippen LogP contribution in [0.15, 0.2) is 11.6 Å². The summed E-state index contributed by atoms with van der Waals surface area (Å²) in [6.07, 6.45) is 10.2. The van der Waals surface area contributed by atoms with Gasteiger partial charge in [-0.2, -0.15) is 0 Å². The van der Waals surface area contributed by atoms with Gasteiger partial charge in [0.15, 0.2) is 0 Å². The van der Waals surface area contributed by atoms with Crippen molar-refractivity contribution >= 4 is 23.4 Å². The molecule has 3 nitrogen and oxygen atoms in total. The van der Waals surface area contributed by atoms with Crippen molar-refractivity contribution in [1.82, 2.24) is 0 Å². The van der Waals surface area contributed by atoms with Crippen LogP contribution in [0, 0.1) is 28.6 Å². The predicted molar refractivity (Wildman–Crippen MR) is 97.3 cm³/mol. The number of carbonyl (C=O) groups excluding carboxylic acids is 2. The van der Waals surface area contributed by atoms with Gasteiger partial charge in [-0.25, -0.2) is 0 Å². The van der Waals surface area contributed by atoms with E-state index in [0.29, 0.717) is 29.4 Å². The first-order chi connectivity index (χ1) is 11.9. The zero-order valence-corrected chi connectivity index (χ0v) is 16.1. The number of esters is 1. The van der Waals surface area contributed by atoms with E-state index in [2.05, 4.69) is 13.0 Å². The molecule has 3 fully saturated rings. The van der Waals surface area contributed by atoms with Gasteiger partial charge in [-0.05, 0) is 56.3 Å². The minimum atomic E-state index is -0.185. The fourth-order valence-corrected chi connectivity index (χ4v) is 7.28. The predicted octanol–water partition coefficient (Wildman–Crippen LogP) is 4.67. The average molecular weight is 365 g/mol. The van der Waals surface area contributed by atoms with Gasteiger partial charge in [0, 0.05) is 36.5 Å². The SMILES string of the molecule is CC(=O)OC1CCC2(CCl)C(=CCC3C4CCC(=O)C4(C)CCC32)C1. The van der Waals surface area contributed by atoms with Crippen molar-refractivity contribution in [3.63, 3.8) is 0 Å². The molecule has 0 aliphatic heterocycles. The van der Waals surface area contributed by atoms with E-state index in [-0.39, 0.29) is 22.9 Å².